The molecule has 0 spiro atoms. The predicted molar refractivity (Wildman–Crippen MR) is 97.8 cm³/mol. The van der Waals surface area contributed by atoms with Crippen molar-refractivity contribution in [3.05, 3.63) is 46.4 Å². The van der Waals surface area contributed by atoms with E-state index >= 15 is 0 Å². The van der Waals surface area contributed by atoms with Gasteiger partial charge in [0, 0.05) is 37.2 Å². The van der Waals surface area contributed by atoms with Crippen LogP contribution in [-0.2, 0) is 22.3 Å². The Bertz CT molecular complexity index is 894. The fraction of sp³-hybridized carbons (Fsp3) is 0.500. The summed E-state index contributed by atoms with van der Waals surface area (Å²) in [6, 6.07) is 2.21. The lowest BCUT2D eigenvalue weighted by Crippen LogP contribution is -2.59. The number of Topliss-reactive ketones (excluding diaryl/α,β-unsaturated/α-hetero) is 1. The maximum atomic E-state index is 13.9. The summed E-state index contributed by atoms with van der Waals surface area (Å²) in [5, 5.41) is 3.11. The van der Waals surface area contributed by atoms with Crippen LogP contribution in [0.2, 0.25) is 0 Å². The molecule has 1 fully saturated rings. The minimum absolute atomic E-state index is 0.0396. The molecule has 0 radical (unpaired) electrons. The highest BCUT2D eigenvalue weighted by atomic mass is 19.4. The number of ketones is 1. The number of ether oxygens (including phenoxy) is 1. The molecule has 10 heteroatoms. The summed E-state index contributed by atoms with van der Waals surface area (Å²) in [6.07, 6.45) is -3.83. The van der Waals surface area contributed by atoms with Gasteiger partial charge in [0.05, 0.1) is 37.9 Å². The van der Waals surface area contributed by atoms with Gasteiger partial charge >= 0.3 is 12.2 Å². The molecule has 2 amide bonds. The number of hydrogen-bond acceptors (Lipinski definition) is 4. The van der Waals surface area contributed by atoms with Gasteiger partial charge in [0.25, 0.3) is 0 Å². The Hall–Kier alpha value is -2.62. The third-order valence-corrected chi connectivity index (χ3v) is 5.59. The standard InChI is InChI=1S/C20H21F4N3O3/c21-17-6-14(20(22,23)24)2-1-12(17)11-30-16-9-27(10-16)19(29)26-4-3-18-13(8-26)5-15(28)7-25-18/h1-2,6,16,25H,3-5,7-11H2. The van der Waals surface area contributed by atoms with Crippen molar-refractivity contribution in [2.45, 2.75) is 31.7 Å². The van der Waals surface area contributed by atoms with Gasteiger partial charge < -0.3 is 19.9 Å². The van der Waals surface area contributed by atoms with Crippen molar-refractivity contribution in [3.8, 4) is 0 Å². The van der Waals surface area contributed by atoms with Crippen molar-refractivity contribution in [3.63, 3.8) is 0 Å². The third-order valence-electron chi connectivity index (χ3n) is 5.59. The fourth-order valence-corrected chi connectivity index (χ4v) is 3.82. The number of nitrogens with zero attached hydrogens (tertiary/aromatic N) is 2. The zero-order valence-electron chi connectivity index (χ0n) is 16.1. The number of carbonyl (C=O) groups excluding carboxylic acids is 2. The number of urea groups is 1. The van der Waals surface area contributed by atoms with Crippen molar-refractivity contribution in [1.82, 2.24) is 15.1 Å². The summed E-state index contributed by atoms with van der Waals surface area (Å²) in [6.45, 7) is 1.84. The van der Waals surface area contributed by atoms with Gasteiger partial charge in [-0.1, -0.05) is 6.07 Å². The molecule has 6 nitrogen and oxygen atoms in total. The number of benzene rings is 1. The van der Waals surface area contributed by atoms with Crippen molar-refractivity contribution in [2.24, 2.45) is 0 Å². The molecule has 0 saturated carbocycles. The van der Waals surface area contributed by atoms with E-state index in [4.69, 9.17) is 4.74 Å². The molecule has 1 aromatic carbocycles. The molecule has 3 aliphatic heterocycles. The first-order valence-corrected chi connectivity index (χ1v) is 9.68. The van der Waals surface area contributed by atoms with Gasteiger partial charge in [0.2, 0.25) is 0 Å². The molecular formula is C20H21F4N3O3. The van der Waals surface area contributed by atoms with Gasteiger partial charge in [-0.2, -0.15) is 13.2 Å². The lowest BCUT2D eigenvalue weighted by atomic mass is 9.97. The summed E-state index contributed by atoms with van der Waals surface area (Å²) in [7, 11) is 0. The van der Waals surface area contributed by atoms with Crippen LogP contribution in [0, 0.1) is 5.82 Å². The van der Waals surface area contributed by atoms with Crippen LogP contribution >= 0.6 is 0 Å². The van der Waals surface area contributed by atoms with Crippen LogP contribution in [0.5, 0.6) is 0 Å². The summed E-state index contributed by atoms with van der Waals surface area (Å²) in [5.41, 5.74) is 1.01. The second-order valence-corrected chi connectivity index (χ2v) is 7.75. The second-order valence-electron chi connectivity index (χ2n) is 7.75. The highest BCUT2D eigenvalue weighted by molar-refractivity contribution is 5.85. The molecule has 0 atom stereocenters. The fourth-order valence-electron chi connectivity index (χ4n) is 3.82. The lowest BCUT2D eigenvalue weighted by Gasteiger charge is -2.43. The summed E-state index contributed by atoms with van der Waals surface area (Å²) in [5.74, 6) is -0.860. The van der Waals surface area contributed by atoms with Crippen LogP contribution in [0.15, 0.2) is 29.5 Å². The van der Waals surface area contributed by atoms with E-state index in [1.54, 1.807) is 9.80 Å². The molecule has 0 aliphatic carbocycles. The van der Waals surface area contributed by atoms with E-state index in [0.29, 0.717) is 51.6 Å². The number of hydrogen-bond donors (Lipinski definition) is 1. The molecule has 1 saturated heterocycles. The molecule has 1 N–H and O–H groups in total. The third kappa shape index (κ3) is 4.28. The average Bonchev–Trinajstić information content (AvgIpc) is 2.66. The molecule has 162 valence electrons. The number of likely N-dealkylation sites (tertiary alicyclic amines) is 1. The molecule has 3 aliphatic rings. The Morgan fingerprint density at radius 2 is 2.00 bits per heavy atom. The maximum absolute atomic E-state index is 13.9. The van der Waals surface area contributed by atoms with E-state index in [-0.39, 0.29) is 30.1 Å². The Labute approximate surface area is 170 Å². The Kier molecular flexibility index (Phi) is 5.44. The van der Waals surface area contributed by atoms with E-state index in [1.807, 2.05) is 0 Å². The largest absolute Gasteiger partial charge is 0.416 e. The van der Waals surface area contributed by atoms with Crippen LogP contribution in [-0.4, -0.2) is 60.4 Å². The van der Waals surface area contributed by atoms with E-state index in [1.165, 1.54) is 0 Å². The molecule has 30 heavy (non-hydrogen) atoms. The summed E-state index contributed by atoms with van der Waals surface area (Å²) in [4.78, 5) is 27.6. The predicted octanol–water partition coefficient (Wildman–Crippen LogP) is 2.69. The summed E-state index contributed by atoms with van der Waals surface area (Å²) >= 11 is 0. The first-order valence-electron chi connectivity index (χ1n) is 9.68. The van der Waals surface area contributed by atoms with Crippen molar-refractivity contribution < 1.29 is 31.9 Å². The van der Waals surface area contributed by atoms with E-state index in [2.05, 4.69) is 5.32 Å². The number of alkyl halides is 3. The molecule has 1 aromatic rings. The normalized spacial score (nSPS) is 20.1. The van der Waals surface area contributed by atoms with Crippen LogP contribution in [0.1, 0.15) is 24.0 Å². The van der Waals surface area contributed by atoms with Crippen molar-refractivity contribution >= 4 is 11.8 Å². The monoisotopic (exact) mass is 427 g/mol. The van der Waals surface area contributed by atoms with Gasteiger partial charge in [0.15, 0.2) is 5.78 Å². The second kappa shape index (κ2) is 7.90. The minimum Gasteiger partial charge on any atom is -0.381 e. The first kappa shape index (κ1) is 20.6. The topological polar surface area (TPSA) is 61.9 Å². The van der Waals surface area contributed by atoms with Gasteiger partial charge in [-0.3, -0.25) is 4.79 Å². The number of nitrogens with one attached hydrogen (secondary N) is 1. The average molecular weight is 427 g/mol. The van der Waals surface area contributed by atoms with Gasteiger partial charge in [-0.15, -0.1) is 0 Å². The van der Waals surface area contributed by atoms with Crippen LogP contribution in [0.3, 0.4) is 0 Å². The van der Waals surface area contributed by atoms with Gasteiger partial charge in [0.1, 0.15) is 5.82 Å². The zero-order valence-corrected chi connectivity index (χ0v) is 16.1. The highest BCUT2D eigenvalue weighted by Gasteiger charge is 2.36. The molecule has 0 bridgehead atoms. The zero-order chi connectivity index (χ0) is 21.5. The van der Waals surface area contributed by atoms with Crippen molar-refractivity contribution in [2.75, 3.05) is 32.7 Å². The van der Waals surface area contributed by atoms with Gasteiger partial charge in [-0.05, 0) is 17.7 Å². The number of rotatable bonds is 3. The van der Waals surface area contributed by atoms with E-state index in [0.717, 1.165) is 23.4 Å². The summed E-state index contributed by atoms with van der Waals surface area (Å²) < 4.78 is 57.2. The molecule has 4 rings (SSSR count). The molecule has 3 heterocycles. The van der Waals surface area contributed by atoms with Crippen LogP contribution < -0.4 is 5.32 Å². The quantitative estimate of drug-likeness (QED) is 0.754. The smallest absolute Gasteiger partial charge is 0.381 e. The highest BCUT2D eigenvalue weighted by Crippen LogP contribution is 2.30. The Balaban J connectivity index is 1.25. The molecular weight excluding hydrogens is 406 g/mol. The lowest BCUT2D eigenvalue weighted by molar-refractivity contribution is -0.137. The van der Waals surface area contributed by atoms with E-state index < -0.39 is 17.6 Å². The number of amides is 2. The van der Waals surface area contributed by atoms with Crippen LogP contribution in [0.25, 0.3) is 0 Å². The van der Waals surface area contributed by atoms with E-state index in [9.17, 15) is 27.2 Å². The van der Waals surface area contributed by atoms with Gasteiger partial charge in [-0.25, -0.2) is 9.18 Å². The van der Waals surface area contributed by atoms with Crippen molar-refractivity contribution in [1.29, 1.82) is 0 Å². The minimum atomic E-state index is -4.60. The Morgan fingerprint density at radius 3 is 2.70 bits per heavy atom. The number of halogens is 4. The maximum Gasteiger partial charge on any atom is 0.416 e. The molecule has 0 aromatic heterocycles. The number of carbonyl (C=O) groups is 2. The SMILES string of the molecule is O=C1CNC2=C(C1)CN(C(=O)N1CC(OCc3ccc(C(F)(F)F)cc3F)C1)CC2. The Morgan fingerprint density at radius 1 is 1.23 bits per heavy atom. The van der Waals surface area contributed by atoms with Crippen LogP contribution in [0.4, 0.5) is 22.4 Å². The molecule has 0 unspecified atom stereocenters. The first-order chi connectivity index (χ1) is 14.2.